The van der Waals surface area contributed by atoms with Crippen LogP contribution in [0.1, 0.15) is 33.6 Å². The monoisotopic (exact) mass is 246 g/mol. The molecule has 0 fully saturated rings. The topological polar surface area (TPSA) is 70.6 Å². The summed E-state index contributed by atoms with van der Waals surface area (Å²) in [4.78, 5) is 10.2. The molecule has 0 rings (SSSR count). The Morgan fingerprint density at radius 1 is 1.18 bits per heavy atom. The van der Waals surface area contributed by atoms with Gasteiger partial charge in [0.25, 0.3) is 0 Å². The van der Waals surface area contributed by atoms with E-state index in [9.17, 15) is 4.79 Å². The predicted molar refractivity (Wildman–Crippen MR) is 68.3 cm³/mol. The Labute approximate surface area is 104 Å². The lowest BCUT2D eigenvalue weighted by atomic mass is 10.1. The zero-order valence-corrected chi connectivity index (χ0v) is 11.2. The van der Waals surface area contributed by atoms with Crippen LogP contribution in [0.3, 0.4) is 0 Å². The van der Waals surface area contributed by atoms with Gasteiger partial charge in [-0.3, -0.25) is 4.79 Å². The number of carboxylic acid groups (broad SMARTS) is 1. The summed E-state index contributed by atoms with van der Waals surface area (Å²) in [5.74, 6) is -0.814. The van der Waals surface area contributed by atoms with Crippen LogP contribution in [0.5, 0.6) is 0 Å². The third-order valence-electron chi connectivity index (χ3n) is 2.07. The Bertz CT molecular complexity index is 202. The molecule has 5 nitrogen and oxygen atoms in total. The van der Waals surface area contributed by atoms with Gasteiger partial charge in [0.15, 0.2) is 0 Å². The number of hydrogen-bond donors (Lipinski definition) is 3. The van der Waals surface area contributed by atoms with Crippen molar-refractivity contribution in [2.45, 2.75) is 39.2 Å². The number of nitrogens with one attached hydrogen (secondary N) is 2. The molecule has 0 unspecified atom stereocenters. The Balaban J connectivity index is 3.06. The summed E-state index contributed by atoms with van der Waals surface area (Å²) >= 11 is 0. The first-order valence-corrected chi connectivity index (χ1v) is 6.17. The van der Waals surface area contributed by atoms with Crippen LogP contribution in [0.25, 0.3) is 0 Å². The highest BCUT2D eigenvalue weighted by atomic mass is 16.5. The largest absolute Gasteiger partial charge is 0.481 e. The predicted octanol–water partition coefficient (Wildman–Crippen LogP) is 0.846. The fourth-order valence-corrected chi connectivity index (χ4v) is 1.21. The number of rotatable bonds is 10. The molecule has 17 heavy (non-hydrogen) atoms. The summed E-state index contributed by atoms with van der Waals surface area (Å²) in [5.41, 5.74) is 0.180. The molecule has 0 heterocycles. The van der Waals surface area contributed by atoms with E-state index in [0.29, 0.717) is 13.2 Å². The first kappa shape index (κ1) is 16.4. The number of aliphatic carboxylic acids is 1. The van der Waals surface area contributed by atoms with E-state index < -0.39 is 5.97 Å². The van der Waals surface area contributed by atoms with E-state index in [2.05, 4.69) is 31.4 Å². The number of carbonyl (C=O) groups is 1. The van der Waals surface area contributed by atoms with Gasteiger partial charge < -0.3 is 20.5 Å². The molecule has 0 aromatic rings. The van der Waals surface area contributed by atoms with Crippen LogP contribution in [0, 0.1) is 0 Å². The normalized spacial score (nSPS) is 11.7. The second-order valence-corrected chi connectivity index (χ2v) is 5.04. The van der Waals surface area contributed by atoms with E-state index in [4.69, 9.17) is 9.84 Å². The quantitative estimate of drug-likeness (QED) is 0.498. The summed E-state index contributed by atoms with van der Waals surface area (Å²) in [6, 6.07) is 0. The van der Waals surface area contributed by atoms with Crippen LogP contribution in [0.2, 0.25) is 0 Å². The average molecular weight is 246 g/mol. The molecule has 0 bridgehead atoms. The van der Waals surface area contributed by atoms with Crippen LogP contribution in [0.15, 0.2) is 0 Å². The van der Waals surface area contributed by atoms with Gasteiger partial charge in [-0.15, -0.1) is 0 Å². The molecule has 0 saturated carbocycles. The van der Waals surface area contributed by atoms with Gasteiger partial charge in [-0.25, -0.2) is 0 Å². The lowest BCUT2D eigenvalue weighted by Gasteiger charge is -2.20. The molecule has 0 aliphatic heterocycles. The van der Waals surface area contributed by atoms with Gasteiger partial charge >= 0.3 is 5.97 Å². The number of ether oxygens (including phenoxy) is 1. The molecular weight excluding hydrogens is 220 g/mol. The molecule has 0 aromatic heterocycles. The minimum absolute atomic E-state index is 0.0789. The van der Waals surface area contributed by atoms with Crippen molar-refractivity contribution in [1.82, 2.24) is 10.6 Å². The molecule has 0 radical (unpaired) electrons. The highest BCUT2D eigenvalue weighted by Gasteiger charge is 2.06. The highest BCUT2D eigenvalue weighted by Crippen LogP contribution is 1.97. The lowest BCUT2D eigenvalue weighted by Crippen LogP contribution is -2.37. The molecule has 0 amide bonds. The van der Waals surface area contributed by atoms with Crippen molar-refractivity contribution < 1.29 is 14.6 Å². The van der Waals surface area contributed by atoms with Gasteiger partial charge in [-0.1, -0.05) is 0 Å². The van der Waals surface area contributed by atoms with Gasteiger partial charge in [-0.05, 0) is 40.3 Å². The maximum atomic E-state index is 10.2. The van der Waals surface area contributed by atoms with E-state index in [1.165, 1.54) is 0 Å². The van der Waals surface area contributed by atoms with E-state index in [1.54, 1.807) is 0 Å². The van der Waals surface area contributed by atoms with E-state index in [-0.39, 0.29) is 12.0 Å². The summed E-state index contributed by atoms with van der Waals surface area (Å²) < 4.78 is 5.15. The Morgan fingerprint density at radius 3 is 2.47 bits per heavy atom. The summed E-state index contributed by atoms with van der Waals surface area (Å²) in [5, 5.41) is 15.0. The van der Waals surface area contributed by atoms with Crippen LogP contribution < -0.4 is 10.6 Å². The van der Waals surface area contributed by atoms with Crippen molar-refractivity contribution in [2.24, 2.45) is 0 Å². The summed E-state index contributed by atoms with van der Waals surface area (Å²) in [7, 11) is 0. The standard InChI is InChI=1S/C12H26N2O3/c1-12(2,3)14-7-4-6-13-8-10-17-9-5-11(15)16/h13-14H,4-10H2,1-3H3,(H,15,16). The van der Waals surface area contributed by atoms with Crippen LogP contribution in [0.4, 0.5) is 0 Å². The molecule has 0 aliphatic carbocycles. The Hall–Kier alpha value is -0.650. The first-order valence-electron chi connectivity index (χ1n) is 6.17. The second-order valence-electron chi connectivity index (χ2n) is 5.04. The number of carboxylic acids is 1. The molecule has 0 saturated heterocycles. The van der Waals surface area contributed by atoms with Crippen molar-refractivity contribution >= 4 is 5.97 Å². The van der Waals surface area contributed by atoms with Gasteiger partial charge in [0, 0.05) is 12.1 Å². The highest BCUT2D eigenvalue weighted by molar-refractivity contribution is 5.66. The van der Waals surface area contributed by atoms with E-state index in [1.807, 2.05) is 0 Å². The van der Waals surface area contributed by atoms with Gasteiger partial charge in [-0.2, -0.15) is 0 Å². The minimum atomic E-state index is -0.814. The molecule has 5 heteroatoms. The summed E-state index contributed by atoms with van der Waals surface area (Å²) in [6.45, 7) is 10.0. The molecule has 0 atom stereocenters. The van der Waals surface area contributed by atoms with Crippen molar-refractivity contribution in [1.29, 1.82) is 0 Å². The zero-order chi connectivity index (χ0) is 13.1. The average Bonchev–Trinajstić information content (AvgIpc) is 2.18. The van der Waals surface area contributed by atoms with Gasteiger partial charge in [0.2, 0.25) is 0 Å². The fourth-order valence-electron chi connectivity index (χ4n) is 1.21. The molecule has 0 aliphatic rings. The SMILES string of the molecule is CC(C)(C)NCCCNCCOCCC(=O)O. The molecule has 0 aromatic carbocycles. The maximum Gasteiger partial charge on any atom is 0.305 e. The van der Waals surface area contributed by atoms with E-state index in [0.717, 1.165) is 26.1 Å². The van der Waals surface area contributed by atoms with Crippen molar-refractivity contribution in [3.05, 3.63) is 0 Å². The third kappa shape index (κ3) is 15.4. The number of hydrogen-bond acceptors (Lipinski definition) is 4. The maximum absolute atomic E-state index is 10.2. The first-order chi connectivity index (χ1) is 7.92. The van der Waals surface area contributed by atoms with Crippen LogP contribution in [-0.2, 0) is 9.53 Å². The van der Waals surface area contributed by atoms with Gasteiger partial charge in [0.05, 0.1) is 19.6 Å². The Kier molecular flexibility index (Phi) is 9.03. The zero-order valence-electron chi connectivity index (χ0n) is 11.2. The lowest BCUT2D eigenvalue weighted by molar-refractivity contribution is -0.138. The van der Waals surface area contributed by atoms with Crippen molar-refractivity contribution in [3.8, 4) is 0 Å². The fraction of sp³-hybridized carbons (Fsp3) is 0.917. The third-order valence-corrected chi connectivity index (χ3v) is 2.07. The van der Waals surface area contributed by atoms with Crippen molar-refractivity contribution in [3.63, 3.8) is 0 Å². The molecule has 0 spiro atoms. The Morgan fingerprint density at radius 2 is 1.88 bits per heavy atom. The minimum Gasteiger partial charge on any atom is -0.481 e. The van der Waals surface area contributed by atoms with Crippen LogP contribution in [-0.4, -0.2) is 49.5 Å². The summed E-state index contributed by atoms with van der Waals surface area (Å²) in [6.07, 6.45) is 1.15. The molecular formula is C12H26N2O3. The van der Waals surface area contributed by atoms with Crippen molar-refractivity contribution in [2.75, 3.05) is 32.8 Å². The second kappa shape index (κ2) is 9.39. The molecule has 3 N–H and O–H groups in total. The molecule has 102 valence electrons. The van der Waals surface area contributed by atoms with Gasteiger partial charge in [0.1, 0.15) is 0 Å². The van der Waals surface area contributed by atoms with Crippen LogP contribution >= 0.6 is 0 Å². The smallest absolute Gasteiger partial charge is 0.305 e. The van der Waals surface area contributed by atoms with E-state index >= 15 is 0 Å².